The monoisotopic (exact) mass is 549 g/mol. The van der Waals surface area contributed by atoms with E-state index in [-0.39, 0.29) is 30.2 Å². The van der Waals surface area contributed by atoms with Gasteiger partial charge >= 0.3 is 12.0 Å². The molecule has 204 valence electrons. The maximum Gasteiger partial charge on any atom is 0.327 e. The molecular weight excluding hydrogens is 518 g/mol. The van der Waals surface area contributed by atoms with E-state index in [0.29, 0.717) is 11.4 Å². The standard InChI is InChI=1S/C28H31N5O5S/c1-19-12-16-22(17-13-19)39(37,38)32-27(29)30-18-6-9-23(26(34)35)31-28(36)33-24-10-4-2-7-20(24)14-15-21-8-3-5-11-25(21)33/h2-5,7-8,10-13,16-17,23H,6,9,14-15,18H2,1H3,(H,31,36)(H,34,35)(H3,29,30,32)/t23-/m0/s1. The number of benzene rings is 3. The third kappa shape index (κ3) is 6.74. The second-order valence-corrected chi connectivity index (χ2v) is 10.9. The van der Waals surface area contributed by atoms with Crippen LogP contribution in [0.15, 0.2) is 82.7 Å². The first-order valence-corrected chi connectivity index (χ1v) is 14.0. The second-order valence-electron chi connectivity index (χ2n) is 9.26. The van der Waals surface area contributed by atoms with Crippen molar-refractivity contribution in [2.24, 2.45) is 10.7 Å². The molecule has 0 aliphatic carbocycles. The number of para-hydroxylation sites is 2. The van der Waals surface area contributed by atoms with Crippen LogP contribution in [0.2, 0.25) is 0 Å². The van der Waals surface area contributed by atoms with Gasteiger partial charge in [0.1, 0.15) is 6.04 Å². The van der Waals surface area contributed by atoms with Gasteiger partial charge in [0.2, 0.25) is 5.96 Å². The van der Waals surface area contributed by atoms with E-state index in [4.69, 9.17) is 5.73 Å². The molecule has 1 heterocycles. The number of hydrogen-bond donors (Lipinski definition) is 4. The molecule has 3 aromatic rings. The van der Waals surface area contributed by atoms with Crippen molar-refractivity contribution in [3.63, 3.8) is 0 Å². The number of carbonyl (C=O) groups is 2. The molecule has 0 saturated heterocycles. The zero-order chi connectivity index (χ0) is 28.0. The molecule has 2 amide bonds. The summed E-state index contributed by atoms with van der Waals surface area (Å²) in [7, 11) is -3.89. The molecule has 0 radical (unpaired) electrons. The van der Waals surface area contributed by atoms with Gasteiger partial charge in [0.25, 0.3) is 10.0 Å². The molecule has 11 heteroatoms. The first-order chi connectivity index (χ1) is 18.7. The Hall–Kier alpha value is -4.38. The zero-order valence-corrected chi connectivity index (χ0v) is 22.3. The molecule has 0 bridgehead atoms. The van der Waals surface area contributed by atoms with Gasteiger partial charge in [0.05, 0.1) is 16.3 Å². The Balaban J connectivity index is 1.41. The highest BCUT2D eigenvalue weighted by atomic mass is 32.2. The minimum atomic E-state index is -3.89. The summed E-state index contributed by atoms with van der Waals surface area (Å²) in [5.41, 5.74) is 10.1. The number of carboxylic acids is 1. The third-order valence-electron chi connectivity index (χ3n) is 6.43. The fourth-order valence-corrected chi connectivity index (χ4v) is 5.36. The number of guanidine groups is 1. The van der Waals surface area contributed by atoms with E-state index in [2.05, 4.69) is 15.0 Å². The number of rotatable bonds is 8. The van der Waals surface area contributed by atoms with Crippen molar-refractivity contribution in [1.82, 2.24) is 10.0 Å². The molecule has 0 saturated carbocycles. The van der Waals surface area contributed by atoms with E-state index in [1.807, 2.05) is 55.5 Å². The van der Waals surface area contributed by atoms with Crippen molar-refractivity contribution in [3.8, 4) is 0 Å². The highest BCUT2D eigenvalue weighted by Gasteiger charge is 2.29. The predicted octanol–water partition coefficient (Wildman–Crippen LogP) is 3.47. The Kier molecular flexibility index (Phi) is 8.50. The molecule has 39 heavy (non-hydrogen) atoms. The highest BCUT2D eigenvalue weighted by molar-refractivity contribution is 7.90. The maximum absolute atomic E-state index is 13.5. The van der Waals surface area contributed by atoms with Crippen LogP contribution in [0.5, 0.6) is 0 Å². The minimum absolute atomic E-state index is 0.0524. The summed E-state index contributed by atoms with van der Waals surface area (Å²) in [5.74, 6) is -1.49. The largest absolute Gasteiger partial charge is 0.480 e. The van der Waals surface area contributed by atoms with E-state index < -0.39 is 28.1 Å². The molecule has 1 aliphatic rings. The van der Waals surface area contributed by atoms with Crippen LogP contribution < -0.4 is 20.7 Å². The van der Waals surface area contributed by atoms with E-state index in [1.165, 1.54) is 17.0 Å². The number of nitrogens with zero attached hydrogens (tertiary/aromatic N) is 2. The van der Waals surface area contributed by atoms with Crippen LogP contribution in [0.25, 0.3) is 0 Å². The third-order valence-corrected chi connectivity index (χ3v) is 7.80. The molecule has 0 aromatic heterocycles. The first-order valence-electron chi connectivity index (χ1n) is 12.5. The summed E-state index contributed by atoms with van der Waals surface area (Å²) < 4.78 is 27.1. The molecule has 0 spiro atoms. The number of urea groups is 1. The highest BCUT2D eigenvalue weighted by Crippen LogP contribution is 2.36. The molecular formula is C28H31N5O5S. The van der Waals surface area contributed by atoms with Gasteiger partial charge in [-0.1, -0.05) is 54.1 Å². The van der Waals surface area contributed by atoms with E-state index in [0.717, 1.165) is 29.5 Å². The summed E-state index contributed by atoms with van der Waals surface area (Å²) in [6.45, 7) is 1.91. The van der Waals surface area contributed by atoms with Gasteiger partial charge in [-0.3, -0.25) is 9.89 Å². The number of aryl methyl sites for hydroxylation is 3. The van der Waals surface area contributed by atoms with Crippen LogP contribution in [-0.4, -0.2) is 44.1 Å². The van der Waals surface area contributed by atoms with Crippen molar-refractivity contribution in [3.05, 3.63) is 89.5 Å². The number of anilines is 2. The van der Waals surface area contributed by atoms with Crippen molar-refractivity contribution in [2.75, 3.05) is 11.4 Å². The molecule has 4 rings (SSSR count). The van der Waals surface area contributed by atoms with Crippen LogP contribution >= 0.6 is 0 Å². The number of carboxylic acid groups (broad SMARTS) is 1. The average molecular weight is 550 g/mol. The van der Waals surface area contributed by atoms with E-state index in [1.54, 1.807) is 12.1 Å². The van der Waals surface area contributed by atoms with Crippen LogP contribution in [0.1, 0.15) is 29.5 Å². The number of amides is 2. The Bertz CT molecular complexity index is 1440. The Morgan fingerprint density at radius 1 is 0.974 bits per heavy atom. The predicted molar refractivity (Wildman–Crippen MR) is 150 cm³/mol. The van der Waals surface area contributed by atoms with Gasteiger partial charge in [-0.05, 0) is 68.0 Å². The molecule has 1 atom stereocenters. The van der Waals surface area contributed by atoms with Crippen LogP contribution in [0, 0.1) is 6.92 Å². The minimum Gasteiger partial charge on any atom is -0.480 e. The summed E-state index contributed by atoms with van der Waals surface area (Å²) in [4.78, 5) is 31.1. The molecule has 10 nitrogen and oxygen atoms in total. The average Bonchev–Trinajstić information content (AvgIpc) is 3.07. The fourth-order valence-electron chi connectivity index (χ4n) is 4.41. The van der Waals surface area contributed by atoms with Crippen LogP contribution in [-0.2, 0) is 27.7 Å². The Morgan fingerprint density at radius 3 is 2.10 bits per heavy atom. The normalized spacial score (nSPS) is 14.0. The number of aliphatic carboxylic acids is 1. The quantitative estimate of drug-likeness (QED) is 0.192. The lowest BCUT2D eigenvalue weighted by Gasteiger charge is -2.27. The molecule has 3 aromatic carbocycles. The molecule has 0 unspecified atom stereocenters. The first kappa shape index (κ1) is 27.6. The van der Waals surface area contributed by atoms with Crippen LogP contribution in [0.4, 0.5) is 16.2 Å². The lowest BCUT2D eigenvalue weighted by atomic mass is 10.0. The zero-order valence-electron chi connectivity index (χ0n) is 21.5. The number of sulfonamides is 1. The SMILES string of the molecule is Cc1ccc(S(=O)(=O)NC(N)=NCCC[C@H](NC(=O)N2c3ccccc3CCc3ccccc32)C(=O)O)cc1. The van der Waals surface area contributed by atoms with Crippen molar-refractivity contribution in [1.29, 1.82) is 0 Å². The summed E-state index contributed by atoms with van der Waals surface area (Å²) in [6.07, 6.45) is 1.83. The number of nitrogens with one attached hydrogen (secondary N) is 2. The van der Waals surface area contributed by atoms with E-state index >= 15 is 0 Å². The van der Waals surface area contributed by atoms with Gasteiger partial charge in [-0.25, -0.2) is 22.7 Å². The maximum atomic E-state index is 13.5. The summed E-state index contributed by atoms with van der Waals surface area (Å²) >= 11 is 0. The number of fused-ring (bicyclic) bond motifs is 2. The number of nitrogens with two attached hydrogens (primary N) is 1. The van der Waals surface area contributed by atoms with E-state index in [9.17, 15) is 23.1 Å². The van der Waals surface area contributed by atoms with Gasteiger partial charge < -0.3 is 16.2 Å². The molecule has 1 aliphatic heterocycles. The smallest absolute Gasteiger partial charge is 0.327 e. The summed E-state index contributed by atoms with van der Waals surface area (Å²) in [6, 6.07) is 19.7. The number of aliphatic imine (C=N–C) groups is 1. The second kappa shape index (κ2) is 12.0. The van der Waals surface area contributed by atoms with Crippen molar-refractivity contribution < 1.29 is 23.1 Å². The van der Waals surface area contributed by atoms with Gasteiger partial charge in [0.15, 0.2) is 0 Å². The Labute approximate surface area is 227 Å². The van der Waals surface area contributed by atoms with Crippen molar-refractivity contribution >= 4 is 39.4 Å². The fraction of sp³-hybridized carbons (Fsp3) is 0.250. The topological polar surface area (TPSA) is 154 Å². The lowest BCUT2D eigenvalue weighted by molar-refractivity contribution is -0.139. The van der Waals surface area contributed by atoms with Crippen molar-refractivity contribution in [2.45, 2.75) is 43.5 Å². The van der Waals surface area contributed by atoms with Gasteiger partial charge in [0, 0.05) is 6.54 Å². The number of hydrogen-bond acceptors (Lipinski definition) is 5. The molecule has 5 N–H and O–H groups in total. The van der Waals surface area contributed by atoms with Gasteiger partial charge in [-0.2, -0.15) is 0 Å². The summed E-state index contributed by atoms with van der Waals surface area (Å²) in [5, 5.41) is 12.4. The van der Waals surface area contributed by atoms with Crippen LogP contribution in [0.3, 0.4) is 0 Å². The molecule has 0 fully saturated rings. The number of carbonyl (C=O) groups excluding carboxylic acids is 1. The Morgan fingerprint density at radius 2 is 1.54 bits per heavy atom. The lowest BCUT2D eigenvalue weighted by Crippen LogP contribution is -2.46. The van der Waals surface area contributed by atoms with Gasteiger partial charge in [-0.15, -0.1) is 0 Å².